The molecule has 5 heteroatoms. The molecule has 0 amide bonds. The van der Waals surface area contributed by atoms with E-state index in [9.17, 15) is 9.59 Å². The second-order valence-corrected chi connectivity index (χ2v) is 6.13. The number of ether oxygens (including phenoxy) is 2. The molecular weight excluding hydrogens is 294 g/mol. The highest BCUT2D eigenvalue weighted by Gasteiger charge is 2.29. The van der Waals surface area contributed by atoms with Gasteiger partial charge in [0.05, 0.1) is 25.7 Å². The third-order valence-electron chi connectivity index (χ3n) is 3.71. The van der Waals surface area contributed by atoms with Crippen LogP contribution in [0, 0.1) is 5.41 Å². The minimum absolute atomic E-state index is 0.199. The summed E-state index contributed by atoms with van der Waals surface area (Å²) in [6, 6.07) is 9.92. The van der Waals surface area contributed by atoms with Gasteiger partial charge in [-0.05, 0) is 32.8 Å². The Bertz CT molecular complexity index is 499. The Morgan fingerprint density at radius 3 is 2.39 bits per heavy atom. The van der Waals surface area contributed by atoms with Crippen molar-refractivity contribution in [2.24, 2.45) is 5.41 Å². The van der Waals surface area contributed by atoms with E-state index in [1.54, 1.807) is 6.92 Å². The first-order valence-corrected chi connectivity index (χ1v) is 7.89. The Morgan fingerprint density at radius 1 is 1.17 bits per heavy atom. The van der Waals surface area contributed by atoms with Gasteiger partial charge in [-0.2, -0.15) is 0 Å². The van der Waals surface area contributed by atoms with Crippen molar-refractivity contribution in [2.45, 2.75) is 33.7 Å². The Labute approximate surface area is 138 Å². The zero-order chi connectivity index (χ0) is 17.3. The summed E-state index contributed by atoms with van der Waals surface area (Å²) in [5, 5.41) is 0. The summed E-state index contributed by atoms with van der Waals surface area (Å²) >= 11 is 0. The van der Waals surface area contributed by atoms with Crippen molar-refractivity contribution >= 4 is 11.9 Å². The lowest BCUT2D eigenvalue weighted by molar-refractivity contribution is -0.154. The first-order chi connectivity index (χ1) is 10.9. The van der Waals surface area contributed by atoms with Gasteiger partial charge in [-0.25, -0.2) is 0 Å². The molecule has 0 bridgehead atoms. The summed E-state index contributed by atoms with van der Waals surface area (Å²) in [6.45, 7) is 7.34. The summed E-state index contributed by atoms with van der Waals surface area (Å²) in [5.74, 6) is -0.493. The number of esters is 2. The Hall–Kier alpha value is -1.88. The van der Waals surface area contributed by atoms with Crippen LogP contribution in [0.2, 0.25) is 0 Å². The van der Waals surface area contributed by atoms with Crippen LogP contribution in [0.15, 0.2) is 30.3 Å². The Balaban J connectivity index is 2.69. The summed E-state index contributed by atoms with van der Waals surface area (Å²) in [5.41, 5.74) is 0.534. The molecule has 0 radical (unpaired) electrons. The number of hydrogen-bond acceptors (Lipinski definition) is 5. The number of hydrogen-bond donors (Lipinski definition) is 0. The molecule has 1 aromatic carbocycles. The standard InChI is InChI=1S/C18H27NO4/c1-5-23-17(21)18(2,3)11-12-19(14-16(20)22-4)13-15-9-7-6-8-10-15/h6-10H,5,11-14H2,1-4H3. The molecule has 0 fully saturated rings. The van der Waals surface area contributed by atoms with Gasteiger partial charge in [-0.3, -0.25) is 14.5 Å². The highest BCUT2D eigenvalue weighted by Crippen LogP contribution is 2.23. The van der Waals surface area contributed by atoms with Crippen LogP contribution in [-0.4, -0.2) is 43.6 Å². The van der Waals surface area contributed by atoms with Crippen LogP contribution in [0.1, 0.15) is 32.8 Å². The lowest BCUT2D eigenvalue weighted by Gasteiger charge is -2.27. The first kappa shape index (κ1) is 19.2. The second-order valence-electron chi connectivity index (χ2n) is 6.13. The zero-order valence-electron chi connectivity index (χ0n) is 14.5. The van der Waals surface area contributed by atoms with E-state index in [1.165, 1.54) is 7.11 Å². The summed E-state index contributed by atoms with van der Waals surface area (Å²) in [4.78, 5) is 25.6. The van der Waals surface area contributed by atoms with Crippen LogP contribution in [0.4, 0.5) is 0 Å². The van der Waals surface area contributed by atoms with Crippen LogP contribution in [0.3, 0.4) is 0 Å². The lowest BCUT2D eigenvalue weighted by atomic mass is 9.89. The molecule has 5 nitrogen and oxygen atoms in total. The van der Waals surface area contributed by atoms with Crippen molar-refractivity contribution < 1.29 is 19.1 Å². The van der Waals surface area contributed by atoms with Crippen LogP contribution >= 0.6 is 0 Å². The monoisotopic (exact) mass is 321 g/mol. The number of carbonyl (C=O) groups excluding carboxylic acids is 2. The molecule has 0 aliphatic rings. The maximum Gasteiger partial charge on any atom is 0.319 e. The van der Waals surface area contributed by atoms with Gasteiger partial charge in [-0.1, -0.05) is 30.3 Å². The molecule has 0 saturated heterocycles. The molecule has 0 aliphatic carbocycles. The fourth-order valence-electron chi connectivity index (χ4n) is 2.17. The van der Waals surface area contributed by atoms with Gasteiger partial charge in [-0.15, -0.1) is 0 Å². The minimum Gasteiger partial charge on any atom is -0.468 e. The lowest BCUT2D eigenvalue weighted by Crippen LogP contribution is -2.36. The van der Waals surface area contributed by atoms with Gasteiger partial charge >= 0.3 is 11.9 Å². The third kappa shape index (κ3) is 6.82. The molecule has 0 aliphatic heterocycles. The molecular formula is C18H27NO4. The number of methoxy groups -OCH3 is 1. The molecule has 23 heavy (non-hydrogen) atoms. The highest BCUT2D eigenvalue weighted by atomic mass is 16.5. The van der Waals surface area contributed by atoms with Crippen molar-refractivity contribution in [3.8, 4) is 0 Å². The van der Waals surface area contributed by atoms with Crippen molar-refractivity contribution in [1.29, 1.82) is 0 Å². The molecule has 0 atom stereocenters. The van der Waals surface area contributed by atoms with Crippen LogP contribution < -0.4 is 0 Å². The van der Waals surface area contributed by atoms with E-state index in [-0.39, 0.29) is 18.5 Å². The molecule has 0 saturated carbocycles. The maximum absolute atomic E-state index is 12.0. The molecule has 0 unspecified atom stereocenters. The van der Waals surface area contributed by atoms with Crippen LogP contribution in [0.25, 0.3) is 0 Å². The van der Waals surface area contributed by atoms with Crippen molar-refractivity contribution in [1.82, 2.24) is 4.90 Å². The van der Waals surface area contributed by atoms with E-state index in [1.807, 2.05) is 49.1 Å². The van der Waals surface area contributed by atoms with E-state index in [2.05, 4.69) is 0 Å². The fourth-order valence-corrected chi connectivity index (χ4v) is 2.17. The fraction of sp³-hybridized carbons (Fsp3) is 0.556. The zero-order valence-corrected chi connectivity index (χ0v) is 14.5. The van der Waals surface area contributed by atoms with Gasteiger partial charge in [0.15, 0.2) is 0 Å². The predicted octanol–water partition coefficient (Wildman–Crippen LogP) is 2.64. The van der Waals surface area contributed by atoms with Crippen molar-refractivity contribution in [3.63, 3.8) is 0 Å². The predicted molar refractivity (Wildman–Crippen MR) is 88.8 cm³/mol. The average Bonchev–Trinajstić information content (AvgIpc) is 2.53. The molecule has 1 rings (SSSR count). The van der Waals surface area contributed by atoms with E-state index in [0.717, 1.165) is 5.56 Å². The van der Waals surface area contributed by atoms with Gasteiger partial charge in [0.25, 0.3) is 0 Å². The van der Waals surface area contributed by atoms with Gasteiger partial charge < -0.3 is 9.47 Å². The normalized spacial score (nSPS) is 11.3. The molecule has 0 spiro atoms. The van der Waals surface area contributed by atoms with Crippen LogP contribution in [0.5, 0.6) is 0 Å². The van der Waals surface area contributed by atoms with E-state index in [0.29, 0.717) is 26.1 Å². The SMILES string of the molecule is CCOC(=O)C(C)(C)CCN(CC(=O)OC)Cc1ccccc1. The molecule has 0 heterocycles. The average molecular weight is 321 g/mol. The maximum atomic E-state index is 12.0. The Kier molecular flexibility index (Phi) is 7.75. The molecule has 1 aromatic rings. The summed E-state index contributed by atoms with van der Waals surface area (Å²) in [7, 11) is 1.38. The molecule has 0 aromatic heterocycles. The van der Waals surface area contributed by atoms with E-state index < -0.39 is 5.41 Å². The number of nitrogens with zero attached hydrogens (tertiary/aromatic N) is 1. The number of carbonyl (C=O) groups is 2. The topological polar surface area (TPSA) is 55.8 Å². The number of benzene rings is 1. The minimum atomic E-state index is -0.582. The van der Waals surface area contributed by atoms with Crippen LogP contribution in [-0.2, 0) is 25.6 Å². The van der Waals surface area contributed by atoms with Gasteiger partial charge in [0.2, 0.25) is 0 Å². The van der Waals surface area contributed by atoms with Gasteiger partial charge in [0, 0.05) is 13.1 Å². The van der Waals surface area contributed by atoms with Crippen molar-refractivity contribution in [3.05, 3.63) is 35.9 Å². The first-order valence-electron chi connectivity index (χ1n) is 7.89. The molecule has 0 N–H and O–H groups in total. The largest absolute Gasteiger partial charge is 0.468 e. The van der Waals surface area contributed by atoms with Crippen molar-refractivity contribution in [2.75, 3.05) is 26.8 Å². The molecule has 128 valence electrons. The quantitative estimate of drug-likeness (QED) is 0.655. The van der Waals surface area contributed by atoms with E-state index >= 15 is 0 Å². The highest BCUT2D eigenvalue weighted by molar-refractivity contribution is 5.75. The summed E-state index contributed by atoms with van der Waals surface area (Å²) < 4.78 is 9.87. The Morgan fingerprint density at radius 2 is 1.83 bits per heavy atom. The summed E-state index contributed by atoms with van der Waals surface area (Å²) in [6.07, 6.45) is 0.607. The van der Waals surface area contributed by atoms with Gasteiger partial charge in [0.1, 0.15) is 0 Å². The third-order valence-corrected chi connectivity index (χ3v) is 3.71. The smallest absolute Gasteiger partial charge is 0.319 e. The van der Waals surface area contributed by atoms with E-state index in [4.69, 9.17) is 9.47 Å². The number of rotatable bonds is 9. The second kappa shape index (κ2) is 9.30.